The van der Waals surface area contributed by atoms with Crippen molar-refractivity contribution in [2.24, 2.45) is 10.9 Å². The molecule has 2 unspecified atom stereocenters. The fourth-order valence-electron chi connectivity index (χ4n) is 8.45. The summed E-state index contributed by atoms with van der Waals surface area (Å²) in [6, 6.07) is 16.1. The molecular weight excluding hydrogens is 771 g/mol. The van der Waals surface area contributed by atoms with Gasteiger partial charge >= 0.3 is 0 Å². The number of hydrogen-bond donors (Lipinski definition) is 4. The first-order chi connectivity index (χ1) is 28.1. The number of aliphatic hydroxyl groups excluding tert-OH is 1. The van der Waals surface area contributed by atoms with E-state index in [4.69, 9.17) is 9.98 Å². The van der Waals surface area contributed by atoms with Crippen molar-refractivity contribution in [3.63, 3.8) is 0 Å². The third-order valence-corrected chi connectivity index (χ3v) is 13.5. The van der Waals surface area contributed by atoms with E-state index in [9.17, 15) is 24.3 Å². The van der Waals surface area contributed by atoms with E-state index >= 15 is 0 Å². The molecule has 0 saturated carbocycles. The summed E-state index contributed by atoms with van der Waals surface area (Å²) in [6.45, 7) is 5.75. The molecule has 0 aliphatic carbocycles. The Hall–Kier alpha value is -5.44. The zero-order chi connectivity index (χ0) is 40.5. The number of rotatable bonds is 12. The van der Waals surface area contributed by atoms with E-state index in [0.717, 1.165) is 59.4 Å². The summed E-state index contributed by atoms with van der Waals surface area (Å²) >= 11 is 3.47. The number of imidazole rings is 1. The van der Waals surface area contributed by atoms with Crippen molar-refractivity contribution in [2.75, 3.05) is 19.7 Å². The molecule has 2 fully saturated rings. The highest BCUT2D eigenvalue weighted by Gasteiger charge is 2.39. The van der Waals surface area contributed by atoms with Crippen LogP contribution in [-0.4, -0.2) is 86.0 Å². The molecule has 12 nitrogen and oxygen atoms in total. The van der Waals surface area contributed by atoms with Gasteiger partial charge in [0.05, 0.1) is 33.4 Å². The number of aromatic nitrogens is 2. The number of aliphatic hydroxyl groups is 1. The largest absolute Gasteiger partial charge is 0.387 e. The number of nitrogens with one attached hydrogen (secondary N) is 3. The van der Waals surface area contributed by atoms with Crippen LogP contribution in [0.4, 0.5) is 0 Å². The van der Waals surface area contributed by atoms with Crippen molar-refractivity contribution in [2.45, 2.75) is 77.0 Å². The molecule has 0 bridgehead atoms. The van der Waals surface area contributed by atoms with E-state index in [1.165, 1.54) is 27.5 Å². The van der Waals surface area contributed by atoms with Gasteiger partial charge in [-0.2, -0.15) is 0 Å². The lowest BCUT2D eigenvalue weighted by Gasteiger charge is -2.30. The third kappa shape index (κ3) is 7.75. The first-order valence-electron chi connectivity index (χ1n) is 19.8. The van der Waals surface area contributed by atoms with Crippen LogP contribution in [0.25, 0.3) is 37.4 Å². The molecule has 4 N–H and O–H groups in total. The minimum atomic E-state index is -0.736. The van der Waals surface area contributed by atoms with Crippen LogP contribution in [0, 0.1) is 5.92 Å². The topological polar surface area (TPSA) is 160 Å². The van der Waals surface area contributed by atoms with Crippen LogP contribution in [0.5, 0.6) is 0 Å². The molecule has 3 aliphatic rings. The van der Waals surface area contributed by atoms with E-state index in [2.05, 4.69) is 50.6 Å². The monoisotopic (exact) mass is 817 g/mol. The predicted octanol–water partition coefficient (Wildman–Crippen LogP) is 6.87. The summed E-state index contributed by atoms with van der Waals surface area (Å²) in [7, 11) is 0. The maximum atomic E-state index is 13.9. The average Bonchev–Trinajstić information content (AvgIpc) is 4.08. The van der Waals surface area contributed by atoms with Gasteiger partial charge < -0.3 is 30.5 Å². The summed E-state index contributed by atoms with van der Waals surface area (Å²) in [6.07, 6.45) is 7.78. The normalized spacial score (nSPS) is 19.1. The number of likely N-dealkylation sites (tertiary alicyclic amines) is 2. The Labute approximate surface area is 345 Å². The van der Waals surface area contributed by atoms with Gasteiger partial charge in [-0.05, 0) is 53.9 Å². The number of aliphatic imine (C=N–C) groups is 1. The molecule has 4 atom stereocenters. The Morgan fingerprint density at radius 3 is 2.21 bits per heavy atom. The van der Waals surface area contributed by atoms with E-state index in [0.29, 0.717) is 25.3 Å². The molecule has 14 heteroatoms. The summed E-state index contributed by atoms with van der Waals surface area (Å²) in [5, 5.41) is 19.2. The van der Waals surface area contributed by atoms with Crippen molar-refractivity contribution in [3.05, 3.63) is 94.7 Å². The average molecular weight is 818 g/mol. The molecule has 0 radical (unpaired) electrons. The van der Waals surface area contributed by atoms with Crippen LogP contribution in [0.2, 0.25) is 0 Å². The number of allylic oxidation sites excluding steroid dienone is 1. The van der Waals surface area contributed by atoms with E-state index in [-0.39, 0.29) is 35.7 Å². The zero-order valence-corrected chi connectivity index (χ0v) is 34.4. The highest BCUT2D eigenvalue weighted by atomic mass is 32.1. The smallest absolute Gasteiger partial charge is 0.250 e. The van der Waals surface area contributed by atoms with Crippen molar-refractivity contribution >= 4 is 67.0 Å². The lowest BCUT2D eigenvalue weighted by Crippen LogP contribution is -2.51. The van der Waals surface area contributed by atoms with Gasteiger partial charge in [0.15, 0.2) is 0 Å². The van der Waals surface area contributed by atoms with Crippen LogP contribution in [0.15, 0.2) is 82.7 Å². The number of amides is 4. The Bertz CT molecular complexity index is 2400. The van der Waals surface area contributed by atoms with Crippen LogP contribution in [-0.2, 0) is 19.2 Å². The van der Waals surface area contributed by atoms with E-state index in [1.807, 2.05) is 61.5 Å². The molecule has 6 heterocycles. The van der Waals surface area contributed by atoms with Gasteiger partial charge in [0.25, 0.3) is 0 Å². The first kappa shape index (κ1) is 39.4. The first-order valence-corrected chi connectivity index (χ1v) is 21.6. The van der Waals surface area contributed by atoms with Crippen molar-refractivity contribution in [3.8, 4) is 22.4 Å². The number of thiophene rings is 2. The molecule has 2 saturated heterocycles. The number of aromatic amines is 1. The molecular formula is C44H47N7O5S2. The van der Waals surface area contributed by atoms with Gasteiger partial charge in [0.2, 0.25) is 23.6 Å². The molecule has 2 aromatic carbocycles. The number of carbonyl (C=O) groups is 4. The summed E-state index contributed by atoms with van der Waals surface area (Å²) in [4.78, 5) is 68.3. The van der Waals surface area contributed by atoms with Crippen molar-refractivity contribution in [1.29, 1.82) is 0 Å². The molecule has 4 amide bonds. The lowest BCUT2D eigenvalue weighted by molar-refractivity contribution is -0.139. The van der Waals surface area contributed by atoms with Gasteiger partial charge in [-0.1, -0.05) is 68.4 Å². The number of carbonyl (C=O) groups excluding carboxylic acids is 4. The molecule has 300 valence electrons. The van der Waals surface area contributed by atoms with Crippen LogP contribution in [0.3, 0.4) is 0 Å². The second-order valence-electron chi connectivity index (χ2n) is 15.5. The molecule has 8 rings (SSSR count). The lowest BCUT2D eigenvalue weighted by atomic mass is 9.98. The maximum Gasteiger partial charge on any atom is 0.250 e. The van der Waals surface area contributed by atoms with Crippen LogP contribution < -0.4 is 10.6 Å². The highest BCUT2D eigenvalue weighted by molar-refractivity contribution is 7.27. The summed E-state index contributed by atoms with van der Waals surface area (Å²) < 4.78 is 2.45. The minimum absolute atomic E-state index is 0.102. The number of nitrogens with zero attached hydrogens (tertiary/aromatic N) is 4. The Kier molecular flexibility index (Phi) is 11.4. The molecule has 58 heavy (non-hydrogen) atoms. The predicted molar refractivity (Wildman–Crippen MR) is 228 cm³/mol. The number of fused-ring (bicyclic) bond motifs is 1. The Balaban J connectivity index is 0.938. The zero-order valence-electron chi connectivity index (χ0n) is 32.7. The molecule has 0 spiro atoms. The Morgan fingerprint density at radius 1 is 0.862 bits per heavy atom. The quantitative estimate of drug-likeness (QED) is 0.108. The van der Waals surface area contributed by atoms with Crippen molar-refractivity contribution < 1.29 is 24.3 Å². The maximum absolute atomic E-state index is 13.9. The van der Waals surface area contributed by atoms with Gasteiger partial charge in [-0.3, -0.25) is 24.2 Å². The van der Waals surface area contributed by atoms with E-state index in [1.54, 1.807) is 27.6 Å². The van der Waals surface area contributed by atoms with Gasteiger partial charge in [0.1, 0.15) is 24.5 Å². The van der Waals surface area contributed by atoms with Crippen LogP contribution in [0.1, 0.15) is 81.9 Å². The number of hydrogen-bond acceptors (Lipinski definition) is 9. The molecule has 5 aromatic rings. The number of benzene rings is 2. The fraction of sp³-hybridized carbons (Fsp3) is 0.364. The number of H-pyrrole nitrogens is 1. The summed E-state index contributed by atoms with van der Waals surface area (Å²) in [5.74, 6) is -0.491. The van der Waals surface area contributed by atoms with Gasteiger partial charge in [-0.25, -0.2) is 4.98 Å². The second-order valence-corrected chi connectivity index (χ2v) is 17.3. The molecule has 3 aromatic heterocycles. The summed E-state index contributed by atoms with van der Waals surface area (Å²) in [5.41, 5.74) is 8.23. The fourth-order valence-corrected chi connectivity index (χ4v) is 10.9. The second kappa shape index (κ2) is 16.8. The van der Waals surface area contributed by atoms with Gasteiger partial charge in [0, 0.05) is 60.2 Å². The van der Waals surface area contributed by atoms with Gasteiger partial charge in [-0.15, -0.1) is 22.7 Å². The Morgan fingerprint density at radius 2 is 1.52 bits per heavy atom. The standard InChI is InChI=1S/C44H47N7O5S2/c1-25(2)38(49-37(54)22-52)43(55)51-18-8-12-36(51)42-46-21-34(48-42)28-15-13-27(14-16-28)31-23-57-41-32(24-58-40(31)41)30-19-33(45-20-30)35-11-7-17-50(35)44(56)39(47-26(3)53)29-9-5-4-6-10-29/h4-6,9-10,13-16,20-21,23-25,35-36,38-39,52H,7-8,11-12,17-19,22H2,1-3H3,(H,46,48)(H,47,53)(H,49,54)/t35?,36?,38-,39-/m0/s1. The SMILES string of the molecule is CC(=O)N[C@H](C(=O)N1CCCC1C1=NC=C(c2csc3c(-c4ccc(-c5cnc(C6CCCN6C(=O)[C@@H](NC(=O)CO)C(C)C)[nH]5)cc4)csc23)C1)c1ccccc1. The highest BCUT2D eigenvalue weighted by Crippen LogP contribution is 2.45. The minimum Gasteiger partial charge on any atom is -0.387 e. The van der Waals surface area contributed by atoms with E-state index < -0.39 is 24.6 Å². The molecule has 3 aliphatic heterocycles. The van der Waals surface area contributed by atoms with Crippen molar-refractivity contribution in [1.82, 2.24) is 30.4 Å². The van der Waals surface area contributed by atoms with Crippen LogP contribution >= 0.6 is 22.7 Å². The third-order valence-electron chi connectivity index (χ3n) is 11.4.